The van der Waals surface area contributed by atoms with Crippen molar-refractivity contribution in [3.63, 3.8) is 0 Å². The number of benzene rings is 1. The topological polar surface area (TPSA) is 83.5 Å². The van der Waals surface area contributed by atoms with Gasteiger partial charge in [0.2, 0.25) is 10.0 Å². The van der Waals surface area contributed by atoms with Gasteiger partial charge < -0.3 is 5.11 Å². The van der Waals surface area contributed by atoms with E-state index < -0.39 is 21.4 Å². The summed E-state index contributed by atoms with van der Waals surface area (Å²) in [7, 11) is -3.61. The molecule has 7 heteroatoms. The molecule has 0 unspecified atom stereocenters. The molecule has 118 valence electrons. The lowest BCUT2D eigenvalue weighted by Crippen LogP contribution is -2.28. The van der Waals surface area contributed by atoms with Gasteiger partial charge in [-0.1, -0.05) is 12.1 Å². The Hall–Kier alpha value is -1.70. The Kier molecular flexibility index (Phi) is 4.69. The highest BCUT2D eigenvalue weighted by Crippen LogP contribution is 2.24. The molecule has 2 rings (SSSR count). The Balaban J connectivity index is 2.17. The van der Waals surface area contributed by atoms with E-state index in [9.17, 15) is 18.3 Å². The van der Waals surface area contributed by atoms with E-state index in [1.54, 1.807) is 13.8 Å². The molecule has 2 N–H and O–H groups in total. The van der Waals surface area contributed by atoms with E-state index in [1.807, 2.05) is 16.8 Å². The van der Waals surface area contributed by atoms with E-state index >= 15 is 0 Å². The number of carboxylic acids is 1. The summed E-state index contributed by atoms with van der Waals surface area (Å²) in [6, 6.07) is 7.78. The van der Waals surface area contributed by atoms with Gasteiger partial charge in [0.05, 0.1) is 10.3 Å². The number of aliphatic carboxylic acids is 1. The number of carbonyl (C=O) groups is 1. The minimum Gasteiger partial charge on any atom is -0.481 e. The van der Waals surface area contributed by atoms with Crippen molar-refractivity contribution in [3.8, 4) is 0 Å². The van der Waals surface area contributed by atoms with E-state index in [0.29, 0.717) is 5.56 Å². The fourth-order valence-corrected chi connectivity index (χ4v) is 3.52. The average Bonchev–Trinajstić information content (AvgIpc) is 2.98. The summed E-state index contributed by atoms with van der Waals surface area (Å²) in [5, 5.41) is 12.9. The Morgan fingerprint density at radius 3 is 2.36 bits per heavy atom. The molecule has 1 aromatic heterocycles. The molecule has 5 nitrogen and oxygen atoms in total. The SMILES string of the molecule is CC(C)(C(=O)O)c1ccc(S(=O)(=O)NCc2ccsc2)cc1. The highest BCUT2D eigenvalue weighted by Gasteiger charge is 2.29. The van der Waals surface area contributed by atoms with E-state index in [1.165, 1.54) is 35.6 Å². The zero-order valence-electron chi connectivity index (χ0n) is 12.2. The van der Waals surface area contributed by atoms with Crippen LogP contribution in [0.1, 0.15) is 25.0 Å². The molecule has 0 fully saturated rings. The normalized spacial score (nSPS) is 12.3. The number of nitrogens with one attached hydrogen (secondary N) is 1. The van der Waals surface area contributed by atoms with Crippen LogP contribution < -0.4 is 4.72 Å². The van der Waals surface area contributed by atoms with Crippen molar-refractivity contribution in [3.05, 3.63) is 52.2 Å². The second-order valence-corrected chi connectivity index (χ2v) is 7.96. The van der Waals surface area contributed by atoms with Gasteiger partial charge in [-0.3, -0.25) is 4.79 Å². The third kappa shape index (κ3) is 3.55. The number of carboxylic acid groups (broad SMARTS) is 1. The summed E-state index contributed by atoms with van der Waals surface area (Å²) in [6.07, 6.45) is 0. The molecule has 0 saturated heterocycles. The van der Waals surface area contributed by atoms with Crippen LogP contribution in [0.3, 0.4) is 0 Å². The lowest BCUT2D eigenvalue weighted by Gasteiger charge is -2.19. The van der Waals surface area contributed by atoms with Gasteiger partial charge in [-0.2, -0.15) is 11.3 Å². The zero-order chi connectivity index (χ0) is 16.4. The second kappa shape index (κ2) is 6.20. The maximum absolute atomic E-state index is 12.2. The van der Waals surface area contributed by atoms with E-state index in [-0.39, 0.29) is 11.4 Å². The maximum Gasteiger partial charge on any atom is 0.313 e. The van der Waals surface area contributed by atoms with Crippen molar-refractivity contribution in [1.29, 1.82) is 0 Å². The molecule has 0 aliphatic heterocycles. The molecular weight excluding hydrogens is 322 g/mol. The van der Waals surface area contributed by atoms with E-state index in [0.717, 1.165) is 5.56 Å². The highest BCUT2D eigenvalue weighted by molar-refractivity contribution is 7.89. The average molecular weight is 339 g/mol. The molecule has 22 heavy (non-hydrogen) atoms. The third-order valence-electron chi connectivity index (χ3n) is 3.47. The number of thiophene rings is 1. The van der Waals surface area contributed by atoms with Crippen LogP contribution in [0.25, 0.3) is 0 Å². The van der Waals surface area contributed by atoms with Gasteiger partial charge in [-0.05, 0) is 53.9 Å². The standard InChI is InChI=1S/C15H17NO4S2/c1-15(2,14(17)18)12-3-5-13(6-4-12)22(19,20)16-9-11-7-8-21-10-11/h3-8,10,16H,9H2,1-2H3,(H,17,18). The lowest BCUT2D eigenvalue weighted by atomic mass is 9.85. The van der Waals surface area contributed by atoms with Crippen molar-refractivity contribution >= 4 is 27.3 Å². The zero-order valence-corrected chi connectivity index (χ0v) is 13.9. The Morgan fingerprint density at radius 2 is 1.86 bits per heavy atom. The molecule has 0 spiro atoms. The Morgan fingerprint density at radius 1 is 1.23 bits per heavy atom. The van der Waals surface area contributed by atoms with Crippen LogP contribution in [0.15, 0.2) is 46.0 Å². The first-order valence-electron chi connectivity index (χ1n) is 6.58. The minimum atomic E-state index is -3.61. The molecule has 1 heterocycles. The van der Waals surface area contributed by atoms with Crippen LogP contribution in [-0.4, -0.2) is 19.5 Å². The Labute approximate surface area is 133 Å². The molecule has 1 aromatic carbocycles. The molecule has 0 saturated carbocycles. The van der Waals surface area contributed by atoms with Crippen molar-refractivity contribution in [2.45, 2.75) is 30.7 Å². The van der Waals surface area contributed by atoms with Crippen LogP contribution >= 0.6 is 11.3 Å². The summed E-state index contributed by atoms with van der Waals surface area (Å²) in [6.45, 7) is 3.38. The van der Waals surface area contributed by atoms with Crippen molar-refractivity contribution in [1.82, 2.24) is 4.72 Å². The first-order chi connectivity index (χ1) is 10.2. The van der Waals surface area contributed by atoms with E-state index in [2.05, 4.69) is 4.72 Å². The minimum absolute atomic E-state index is 0.118. The number of rotatable bonds is 6. The quantitative estimate of drug-likeness (QED) is 0.847. The van der Waals surface area contributed by atoms with Crippen molar-refractivity contribution in [2.24, 2.45) is 0 Å². The van der Waals surface area contributed by atoms with Crippen molar-refractivity contribution < 1.29 is 18.3 Å². The molecule has 0 atom stereocenters. The number of hydrogen-bond acceptors (Lipinski definition) is 4. The summed E-state index contributed by atoms with van der Waals surface area (Å²) in [4.78, 5) is 11.3. The van der Waals surface area contributed by atoms with Crippen LogP contribution in [0.5, 0.6) is 0 Å². The summed E-state index contributed by atoms with van der Waals surface area (Å²) in [5.74, 6) is -0.960. The monoisotopic (exact) mass is 339 g/mol. The number of hydrogen-bond donors (Lipinski definition) is 2. The van der Waals surface area contributed by atoms with Crippen molar-refractivity contribution in [2.75, 3.05) is 0 Å². The van der Waals surface area contributed by atoms with Crippen LogP contribution in [0.4, 0.5) is 0 Å². The van der Waals surface area contributed by atoms with Gasteiger partial charge in [0.25, 0.3) is 0 Å². The van der Waals surface area contributed by atoms with E-state index in [4.69, 9.17) is 0 Å². The summed E-state index contributed by atoms with van der Waals surface area (Å²) >= 11 is 1.50. The molecule has 2 aromatic rings. The highest BCUT2D eigenvalue weighted by atomic mass is 32.2. The second-order valence-electron chi connectivity index (χ2n) is 5.41. The summed E-state index contributed by atoms with van der Waals surface area (Å²) in [5.41, 5.74) is 0.390. The van der Waals surface area contributed by atoms with Gasteiger partial charge in [-0.15, -0.1) is 0 Å². The third-order valence-corrected chi connectivity index (χ3v) is 5.62. The molecule has 0 radical (unpaired) electrons. The smallest absolute Gasteiger partial charge is 0.313 e. The van der Waals surface area contributed by atoms with Gasteiger partial charge in [0.1, 0.15) is 0 Å². The predicted octanol–water partition coefficient (Wildman–Crippen LogP) is 2.59. The maximum atomic E-state index is 12.2. The molecule has 0 aliphatic carbocycles. The lowest BCUT2D eigenvalue weighted by molar-refractivity contribution is -0.142. The fraction of sp³-hybridized carbons (Fsp3) is 0.267. The van der Waals surface area contributed by atoms with Crippen LogP contribution in [0.2, 0.25) is 0 Å². The molecular formula is C15H17NO4S2. The molecule has 0 aliphatic rings. The largest absolute Gasteiger partial charge is 0.481 e. The van der Waals surface area contributed by atoms with Gasteiger partial charge in [0, 0.05) is 6.54 Å². The predicted molar refractivity (Wildman–Crippen MR) is 85.4 cm³/mol. The fourth-order valence-electron chi connectivity index (χ4n) is 1.83. The number of sulfonamides is 1. The van der Waals surface area contributed by atoms with Gasteiger partial charge in [0.15, 0.2) is 0 Å². The van der Waals surface area contributed by atoms with Crippen LogP contribution in [0, 0.1) is 0 Å². The van der Waals surface area contributed by atoms with Gasteiger partial charge >= 0.3 is 5.97 Å². The van der Waals surface area contributed by atoms with Gasteiger partial charge in [-0.25, -0.2) is 13.1 Å². The Bertz CT molecular complexity index is 747. The first kappa shape index (κ1) is 16.7. The first-order valence-corrected chi connectivity index (χ1v) is 9.01. The van der Waals surface area contributed by atoms with Crippen LogP contribution in [-0.2, 0) is 26.8 Å². The molecule has 0 amide bonds. The molecule has 0 bridgehead atoms. The summed E-state index contributed by atoms with van der Waals surface area (Å²) < 4.78 is 26.9.